The number of phenols is 1. The zero-order chi connectivity index (χ0) is 9.26. The smallest absolute Gasteiger partial charge is 0.165 e. The molecule has 0 aliphatic carbocycles. The first-order chi connectivity index (χ1) is 6.29. The fraction of sp³-hybridized carbons (Fsp3) is 0. The van der Waals surface area contributed by atoms with Crippen molar-refractivity contribution in [1.29, 1.82) is 0 Å². The third-order valence-corrected chi connectivity index (χ3v) is 1.90. The molecule has 0 aliphatic rings. The van der Waals surface area contributed by atoms with Gasteiger partial charge in [-0.2, -0.15) is 0 Å². The Hall–Kier alpha value is -1.74. The maximum absolute atomic E-state index is 9.18. The van der Waals surface area contributed by atoms with E-state index in [0.29, 0.717) is 5.75 Å². The van der Waals surface area contributed by atoms with Crippen LogP contribution in [0.25, 0.3) is 10.8 Å². The SMILES string of the molecule is OOc1ccc2cc(O)ccc2c1. The molecule has 2 aromatic rings. The highest BCUT2D eigenvalue weighted by Gasteiger charge is 1.97. The van der Waals surface area contributed by atoms with Crippen molar-refractivity contribution in [1.82, 2.24) is 0 Å². The van der Waals surface area contributed by atoms with Crippen molar-refractivity contribution < 1.29 is 15.3 Å². The number of phenolic OH excluding ortho intramolecular Hbond substituents is 1. The lowest BCUT2D eigenvalue weighted by atomic mass is 10.1. The van der Waals surface area contributed by atoms with Crippen molar-refractivity contribution >= 4 is 10.8 Å². The molecule has 0 saturated carbocycles. The molecule has 66 valence electrons. The topological polar surface area (TPSA) is 49.7 Å². The molecule has 0 fully saturated rings. The summed E-state index contributed by atoms with van der Waals surface area (Å²) in [6.45, 7) is 0. The number of fused-ring (bicyclic) bond motifs is 1. The van der Waals surface area contributed by atoms with Gasteiger partial charge in [0.15, 0.2) is 5.75 Å². The Labute approximate surface area is 74.7 Å². The summed E-state index contributed by atoms with van der Waals surface area (Å²) in [5.74, 6) is 0.614. The summed E-state index contributed by atoms with van der Waals surface area (Å²) in [4.78, 5) is 4.09. The van der Waals surface area contributed by atoms with E-state index >= 15 is 0 Å². The predicted molar refractivity (Wildman–Crippen MR) is 48.9 cm³/mol. The van der Waals surface area contributed by atoms with Gasteiger partial charge in [-0.3, -0.25) is 0 Å². The van der Waals surface area contributed by atoms with Crippen molar-refractivity contribution in [3.63, 3.8) is 0 Å². The molecule has 0 atom stereocenters. The molecule has 0 bridgehead atoms. The van der Waals surface area contributed by atoms with E-state index < -0.39 is 0 Å². The molecule has 0 aromatic heterocycles. The lowest BCUT2D eigenvalue weighted by Gasteiger charge is -2.00. The van der Waals surface area contributed by atoms with E-state index in [4.69, 9.17) is 5.26 Å². The first-order valence-corrected chi connectivity index (χ1v) is 3.84. The Morgan fingerprint density at radius 2 is 1.62 bits per heavy atom. The molecule has 2 N–H and O–H groups in total. The van der Waals surface area contributed by atoms with Crippen molar-refractivity contribution in [3.8, 4) is 11.5 Å². The van der Waals surface area contributed by atoms with Crippen LogP contribution in [0.3, 0.4) is 0 Å². The monoisotopic (exact) mass is 176 g/mol. The van der Waals surface area contributed by atoms with Crippen molar-refractivity contribution in [2.45, 2.75) is 0 Å². The van der Waals surface area contributed by atoms with E-state index in [1.54, 1.807) is 36.4 Å². The summed E-state index contributed by atoms with van der Waals surface area (Å²) in [7, 11) is 0. The minimum atomic E-state index is 0.227. The molecule has 0 saturated heterocycles. The van der Waals surface area contributed by atoms with Crippen molar-refractivity contribution in [2.24, 2.45) is 0 Å². The maximum atomic E-state index is 9.18. The lowest BCUT2D eigenvalue weighted by Crippen LogP contribution is -1.82. The summed E-state index contributed by atoms with van der Waals surface area (Å²) in [6, 6.07) is 10.1. The zero-order valence-corrected chi connectivity index (χ0v) is 6.77. The average molecular weight is 176 g/mol. The van der Waals surface area contributed by atoms with Crippen LogP contribution in [0.2, 0.25) is 0 Å². The molecule has 0 amide bonds. The highest BCUT2D eigenvalue weighted by Crippen LogP contribution is 2.23. The summed E-state index contributed by atoms with van der Waals surface area (Å²) in [6.07, 6.45) is 0. The highest BCUT2D eigenvalue weighted by atomic mass is 17.1. The Balaban J connectivity index is 2.66. The third-order valence-electron chi connectivity index (χ3n) is 1.90. The van der Waals surface area contributed by atoms with Gasteiger partial charge in [0.1, 0.15) is 5.75 Å². The quantitative estimate of drug-likeness (QED) is 0.518. The molecule has 0 radical (unpaired) electrons. The highest BCUT2D eigenvalue weighted by molar-refractivity contribution is 5.85. The number of benzene rings is 2. The molecule has 2 aromatic carbocycles. The molecular formula is C10H8O3. The molecule has 0 aliphatic heterocycles. The van der Waals surface area contributed by atoms with Crippen LogP contribution in [0, 0.1) is 0 Å². The van der Waals surface area contributed by atoms with Crippen LogP contribution in [-0.2, 0) is 0 Å². The second kappa shape index (κ2) is 2.95. The van der Waals surface area contributed by atoms with E-state index in [-0.39, 0.29) is 5.75 Å². The Morgan fingerprint density at radius 1 is 0.923 bits per heavy atom. The van der Waals surface area contributed by atoms with Crippen LogP contribution in [0.4, 0.5) is 0 Å². The van der Waals surface area contributed by atoms with E-state index in [2.05, 4.69) is 4.89 Å². The van der Waals surface area contributed by atoms with E-state index in [1.807, 2.05) is 0 Å². The Kier molecular flexibility index (Phi) is 1.79. The first kappa shape index (κ1) is 7.89. The largest absolute Gasteiger partial charge is 0.508 e. The number of hydrogen-bond donors (Lipinski definition) is 2. The fourth-order valence-electron chi connectivity index (χ4n) is 1.27. The van der Waals surface area contributed by atoms with Crippen LogP contribution in [-0.4, -0.2) is 10.4 Å². The van der Waals surface area contributed by atoms with Gasteiger partial charge in [0.05, 0.1) is 0 Å². The van der Waals surface area contributed by atoms with Crippen LogP contribution >= 0.6 is 0 Å². The molecule has 0 spiro atoms. The third kappa shape index (κ3) is 1.41. The van der Waals surface area contributed by atoms with Gasteiger partial charge < -0.3 is 9.99 Å². The second-order valence-corrected chi connectivity index (χ2v) is 2.78. The number of rotatable bonds is 1. The van der Waals surface area contributed by atoms with Crippen LogP contribution in [0.1, 0.15) is 0 Å². The van der Waals surface area contributed by atoms with Gasteiger partial charge in [0, 0.05) is 0 Å². The van der Waals surface area contributed by atoms with Gasteiger partial charge in [-0.25, -0.2) is 5.26 Å². The number of aromatic hydroxyl groups is 1. The van der Waals surface area contributed by atoms with Gasteiger partial charge >= 0.3 is 0 Å². The summed E-state index contributed by atoms with van der Waals surface area (Å²) in [5, 5.41) is 19.4. The first-order valence-electron chi connectivity index (χ1n) is 3.84. The molecule has 13 heavy (non-hydrogen) atoms. The summed E-state index contributed by atoms with van der Waals surface area (Å²) < 4.78 is 0. The van der Waals surface area contributed by atoms with Gasteiger partial charge in [0.25, 0.3) is 0 Å². The minimum Gasteiger partial charge on any atom is -0.508 e. The molecule has 3 heteroatoms. The van der Waals surface area contributed by atoms with Gasteiger partial charge in [-0.15, -0.1) is 0 Å². The summed E-state index contributed by atoms with van der Waals surface area (Å²) in [5.41, 5.74) is 0. The van der Waals surface area contributed by atoms with Gasteiger partial charge in [0.2, 0.25) is 0 Å². The van der Waals surface area contributed by atoms with Gasteiger partial charge in [-0.1, -0.05) is 12.1 Å². The molecular weight excluding hydrogens is 168 g/mol. The minimum absolute atomic E-state index is 0.227. The molecule has 2 rings (SSSR count). The van der Waals surface area contributed by atoms with E-state index in [9.17, 15) is 5.11 Å². The van der Waals surface area contributed by atoms with Crippen LogP contribution in [0.5, 0.6) is 11.5 Å². The van der Waals surface area contributed by atoms with E-state index in [0.717, 1.165) is 10.8 Å². The molecule has 3 nitrogen and oxygen atoms in total. The molecule has 0 heterocycles. The molecule has 0 unspecified atom stereocenters. The summed E-state index contributed by atoms with van der Waals surface area (Å²) >= 11 is 0. The fourth-order valence-corrected chi connectivity index (χ4v) is 1.27. The van der Waals surface area contributed by atoms with Crippen LogP contribution < -0.4 is 4.89 Å². The lowest BCUT2D eigenvalue weighted by molar-refractivity contribution is -0.137. The Bertz CT molecular complexity index is 437. The van der Waals surface area contributed by atoms with Gasteiger partial charge in [-0.05, 0) is 35.0 Å². The maximum Gasteiger partial charge on any atom is 0.165 e. The van der Waals surface area contributed by atoms with Crippen molar-refractivity contribution in [2.75, 3.05) is 0 Å². The van der Waals surface area contributed by atoms with Crippen molar-refractivity contribution in [3.05, 3.63) is 36.4 Å². The number of hydrogen-bond acceptors (Lipinski definition) is 3. The average Bonchev–Trinajstić information content (AvgIpc) is 2.17. The van der Waals surface area contributed by atoms with Crippen LogP contribution in [0.15, 0.2) is 36.4 Å². The predicted octanol–water partition coefficient (Wildman–Crippen LogP) is 2.40. The zero-order valence-electron chi connectivity index (χ0n) is 6.77. The second-order valence-electron chi connectivity index (χ2n) is 2.78. The Morgan fingerprint density at radius 3 is 2.38 bits per heavy atom. The van der Waals surface area contributed by atoms with E-state index in [1.165, 1.54) is 0 Å². The standard InChI is InChI=1S/C10H8O3/c11-9-3-1-8-6-10(13-12)4-2-7(8)5-9/h1-6,11-12H. The normalized spacial score (nSPS) is 10.2.